The van der Waals surface area contributed by atoms with Crippen molar-refractivity contribution in [1.82, 2.24) is 0 Å². The maximum absolute atomic E-state index is 2.36. The molecule has 0 amide bonds. The zero-order valence-corrected chi connectivity index (χ0v) is 11.8. The van der Waals surface area contributed by atoms with Gasteiger partial charge in [-0.25, -0.2) is 0 Å². The van der Waals surface area contributed by atoms with Crippen LogP contribution in [0.15, 0.2) is 0 Å². The molecule has 0 rings (SSSR count). The van der Waals surface area contributed by atoms with Gasteiger partial charge < -0.3 is 0 Å². The van der Waals surface area contributed by atoms with Gasteiger partial charge in [0.2, 0.25) is 0 Å². The maximum atomic E-state index is 2.36. The molecule has 0 bridgehead atoms. The van der Waals surface area contributed by atoms with Crippen molar-refractivity contribution in [2.75, 3.05) is 0 Å². The van der Waals surface area contributed by atoms with Crippen molar-refractivity contribution in [3.05, 3.63) is 0 Å². The Morgan fingerprint density at radius 2 is 1.14 bits per heavy atom. The average molecular weight is 234 g/mol. The summed E-state index contributed by atoms with van der Waals surface area (Å²) >= 11 is 0. The highest BCUT2D eigenvalue weighted by Crippen LogP contribution is 2.34. The van der Waals surface area contributed by atoms with Gasteiger partial charge in [-0.05, 0) is 12.8 Å². The van der Waals surface area contributed by atoms with Crippen molar-refractivity contribution in [1.29, 1.82) is 0 Å². The van der Waals surface area contributed by atoms with Crippen molar-refractivity contribution in [2.24, 2.45) is 0 Å². The molecule has 0 aromatic rings. The van der Waals surface area contributed by atoms with Gasteiger partial charge in [0.05, 0.1) is 0 Å². The van der Waals surface area contributed by atoms with Gasteiger partial charge in [-0.1, -0.05) is 75.0 Å². The minimum Gasteiger partial charge on any atom is -0.0907 e. The Morgan fingerprint density at radius 3 is 1.43 bits per heavy atom. The molecule has 0 heterocycles. The average Bonchev–Trinajstić information content (AvgIpc) is 2.20. The van der Waals surface area contributed by atoms with Crippen LogP contribution in [0.25, 0.3) is 0 Å². The number of unbranched alkanes of at least 4 members (excludes halogenated alkanes) is 2. The standard InChI is InChI=1S/C12H26S2/c1-5-7-9-11(3)13-14-12(4)10-8-6-2/h11-12H,5-10H2,1-4H3. The Kier molecular flexibility index (Phi) is 10.7. The van der Waals surface area contributed by atoms with Gasteiger partial charge in [-0.2, -0.15) is 0 Å². The van der Waals surface area contributed by atoms with E-state index in [1.54, 1.807) is 0 Å². The smallest absolute Gasteiger partial charge is 0.0123 e. The van der Waals surface area contributed by atoms with E-state index in [1.807, 2.05) is 0 Å². The van der Waals surface area contributed by atoms with Crippen molar-refractivity contribution in [3.8, 4) is 0 Å². The van der Waals surface area contributed by atoms with Crippen LogP contribution in [0.5, 0.6) is 0 Å². The predicted molar refractivity (Wildman–Crippen MR) is 73.2 cm³/mol. The van der Waals surface area contributed by atoms with E-state index in [2.05, 4.69) is 49.3 Å². The SMILES string of the molecule is CCCCC(C)SSC(C)CCCC. The summed E-state index contributed by atoms with van der Waals surface area (Å²) in [5.41, 5.74) is 0. The Bertz CT molecular complexity index is 101. The normalized spacial score (nSPS) is 15.4. The molecular formula is C12H26S2. The van der Waals surface area contributed by atoms with Crippen molar-refractivity contribution < 1.29 is 0 Å². The Balaban J connectivity index is 3.31. The zero-order chi connectivity index (χ0) is 10.8. The lowest BCUT2D eigenvalue weighted by Crippen LogP contribution is -1.98. The second-order valence-corrected chi connectivity index (χ2v) is 7.25. The molecule has 2 unspecified atom stereocenters. The van der Waals surface area contributed by atoms with E-state index in [0.29, 0.717) is 0 Å². The lowest BCUT2D eigenvalue weighted by atomic mass is 10.2. The third-order valence-corrected chi connectivity index (χ3v) is 5.86. The number of rotatable bonds is 9. The van der Waals surface area contributed by atoms with Crippen LogP contribution in [-0.4, -0.2) is 10.5 Å². The first-order valence-electron chi connectivity index (χ1n) is 6.02. The van der Waals surface area contributed by atoms with E-state index in [4.69, 9.17) is 0 Å². The van der Waals surface area contributed by atoms with E-state index in [1.165, 1.54) is 38.5 Å². The first-order chi connectivity index (χ1) is 6.70. The highest BCUT2D eigenvalue weighted by Gasteiger charge is 2.06. The summed E-state index contributed by atoms with van der Waals surface area (Å²) in [5, 5.41) is 1.67. The van der Waals surface area contributed by atoms with Gasteiger partial charge in [0.1, 0.15) is 0 Å². The van der Waals surface area contributed by atoms with Crippen LogP contribution < -0.4 is 0 Å². The second kappa shape index (κ2) is 10.2. The Hall–Kier alpha value is 0.700. The van der Waals surface area contributed by atoms with Crippen molar-refractivity contribution in [3.63, 3.8) is 0 Å². The highest BCUT2D eigenvalue weighted by molar-refractivity contribution is 8.77. The molecule has 0 aromatic heterocycles. The summed E-state index contributed by atoms with van der Waals surface area (Å²) in [7, 11) is 4.18. The summed E-state index contributed by atoms with van der Waals surface area (Å²) in [6.45, 7) is 9.27. The molecule has 0 aliphatic carbocycles. The van der Waals surface area contributed by atoms with Gasteiger partial charge in [0, 0.05) is 10.5 Å². The molecule has 2 heteroatoms. The predicted octanol–water partition coefficient (Wildman–Crippen LogP) is 5.53. The summed E-state index contributed by atoms with van der Waals surface area (Å²) in [5.74, 6) is 0. The van der Waals surface area contributed by atoms with E-state index in [9.17, 15) is 0 Å². The Morgan fingerprint density at radius 1 is 0.786 bits per heavy atom. The first-order valence-corrected chi connectivity index (χ1v) is 8.30. The Labute approximate surface area is 98.4 Å². The molecule has 0 aliphatic rings. The number of hydrogen-bond acceptors (Lipinski definition) is 2. The summed E-state index contributed by atoms with van der Waals surface area (Å²) in [4.78, 5) is 0. The molecule has 0 saturated heterocycles. The van der Waals surface area contributed by atoms with Crippen LogP contribution in [0.2, 0.25) is 0 Å². The quantitative estimate of drug-likeness (QED) is 0.481. The topological polar surface area (TPSA) is 0 Å². The molecule has 0 N–H and O–H groups in total. The minimum atomic E-state index is 0.837. The van der Waals surface area contributed by atoms with Gasteiger partial charge in [0.25, 0.3) is 0 Å². The molecule has 0 nitrogen and oxygen atoms in total. The lowest BCUT2D eigenvalue weighted by Gasteiger charge is -2.13. The van der Waals surface area contributed by atoms with Crippen LogP contribution in [0.4, 0.5) is 0 Å². The van der Waals surface area contributed by atoms with E-state index < -0.39 is 0 Å². The molecule has 0 aromatic carbocycles. The molecule has 0 fully saturated rings. The van der Waals surface area contributed by atoms with E-state index in [-0.39, 0.29) is 0 Å². The van der Waals surface area contributed by atoms with Crippen molar-refractivity contribution >= 4 is 21.6 Å². The van der Waals surface area contributed by atoms with Crippen LogP contribution in [0.1, 0.15) is 66.2 Å². The van der Waals surface area contributed by atoms with Gasteiger partial charge in [0.15, 0.2) is 0 Å². The summed E-state index contributed by atoms with van der Waals surface area (Å²) < 4.78 is 0. The van der Waals surface area contributed by atoms with E-state index in [0.717, 1.165) is 10.5 Å². The molecule has 14 heavy (non-hydrogen) atoms. The zero-order valence-electron chi connectivity index (χ0n) is 10.2. The van der Waals surface area contributed by atoms with Gasteiger partial charge >= 0.3 is 0 Å². The summed E-state index contributed by atoms with van der Waals surface area (Å²) in [6, 6.07) is 0. The summed E-state index contributed by atoms with van der Waals surface area (Å²) in [6.07, 6.45) is 8.21. The lowest BCUT2D eigenvalue weighted by molar-refractivity contribution is 0.712. The van der Waals surface area contributed by atoms with E-state index >= 15 is 0 Å². The fraction of sp³-hybridized carbons (Fsp3) is 1.00. The molecular weight excluding hydrogens is 208 g/mol. The fourth-order valence-electron chi connectivity index (χ4n) is 1.27. The van der Waals surface area contributed by atoms with Crippen LogP contribution in [0.3, 0.4) is 0 Å². The third-order valence-electron chi connectivity index (χ3n) is 2.31. The number of hydrogen-bond donors (Lipinski definition) is 0. The third kappa shape index (κ3) is 9.26. The molecule has 0 saturated carbocycles. The largest absolute Gasteiger partial charge is 0.0907 e. The molecule has 2 atom stereocenters. The highest BCUT2D eigenvalue weighted by atomic mass is 33.1. The van der Waals surface area contributed by atoms with Crippen LogP contribution >= 0.6 is 21.6 Å². The van der Waals surface area contributed by atoms with Gasteiger partial charge in [-0.15, -0.1) is 0 Å². The fourth-order valence-corrected chi connectivity index (χ4v) is 3.89. The first kappa shape index (κ1) is 14.7. The molecule has 0 radical (unpaired) electrons. The van der Waals surface area contributed by atoms with Crippen LogP contribution in [0, 0.1) is 0 Å². The molecule has 0 spiro atoms. The molecule has 86 valence electrons. The van der Waals surface area contributed by atoms with Crippen LogP contribution in [-0.2, 0) is 0 Å². The maximum Gasteiger partial charge on any atom is 0.0123 e. The minimum absolute atomic E-state index is 0.837. The monoisotopic (exact) mass is 234 g/mol. The second-order valence-electron chi connectivity index (χ2n) is 4.10. The van der Waals surface area contributed by atoms with Crippen molar-refractivity contribution in [2.45, 2.75) is 76.7 Å². The van der Waals surface area contributed by atoms with Gasteiger partial charge in [-0.3, -0.25) is 0 Å². The molecule has 0 aliphatic heterocycles.